The zero-order valence-corrected chi connectivity index (χ0v) is 13.0. The van der Waals surface area contributed by atoms with Gasteiger partial charge in [0, 0.05) is 25.5 Å². The van der Waals surface area contributed by atoms with Crippen molar-refractivity contribution in [2.24, 2.45) is 0 Å². The predicted molar refractivity (Wildman–Crippen MR) is 78.6 cm³/mol. The fraction of sp³-hybridized carbons (Fsp3) is 0.938. The maximum atomic E-state index is 12.3. The first-order valence-electron chi connectivity index (χ1n) is 8.26. The lowest BCUT2D eigenvalue weighted by atomic mass is 9.73. The summed E-state index contributed by atoms with van der Waals surface area (Å²) in [5.41, 5.74) is -0.481. The van der Waals surface area contributed by atoms with Crippen LogP contribution < -0.4 is 5.32 Å². The maximum Gasteiger partial charge on any atom is 0.326 e. The summed E-state index contributed by atoms with van der Waals surface area (Å²) < 4.78 is 10.9. The summed E-state index contributed by atoms with van der Waals surface area (Å²) in [7, 11) is 0. The summed E-state index contributed by atoms with van der Waals surface area (Å²) in [4.78, 5) is 12.3. The van der Waals surface area contributed by atoms with Crippen molar-refractivity contribution in [1.29, 1.82) is 0 Å². The molecule has 0 unspecified atom stereocenters. The molecule has 0 radical (unpaired) electrons. The van der Waals surface area contributed by atoms with Crippen molar-refractivity contribution in [3.8, 4) is 0 Å². The molecule has 0 saturated heterocycles. The van der Waals surface area contributed by atoms with Gasteiger partial charge in [0.1, 0.15) is 5.54 Å². The van der Waals surface area contributed by atoms with E-state index in [0.29, 0.717) is 19.3 Å². The van der Waals surface area contributed by atoms with Gasteiger partial charge in [0.15, 0.2) is 0 Å². The van der Waals surface area contributed by atoms with Crippen molar-refractivity contribution in [2.45, 2.75) is 82.9 Å². The monoisotopic (exact) mass is 283 g/mol. The quantitative estimate of drug-likeness (QED) is 0.601. The third-order valence-corrected chi connectivity index (χ3v) is 4.56. The summed E-state index contributed by atoms with van der Waals surface area (Å²) in [5, 5.41) is 3.63. The van der Waals surface area contributed by atoms with Crippen LogP contribution in [0.4, 0.5) is 0 Å². The molecule has 4 heteroatoms. The molecule has 2 saturated carbocycles. The minimum Gasteiger partial charge on any atom is -0.465 e. The van der Waals surface area contributed by atoms with Gasteiger partial charge in [0.2, 0.25) is 0 Å². The molecule has 0 atom stereocenters. The molecule has 1 N–H and O–H groups in total. The molecule has 0 aliphatic heterocycles. The Bertz CT molecular complexity index is 305. The van der Waals surface area contributed by atoms with E-state index in [1.165, 1.54) is 38.5 Å². The van der Waals surface area contributed by atoms with Crippen LogP contribution in [0.5, 0.6) is 0 Å². The lowest BCUT2D eigenvalue weighted by molar-refractivity contribution is -0.164. The zero-order valence-electron chi connectivity index (χ0n) is 13.0. The van der Waals surface area contributed by atoms with E-state index < -0.39 is 5.54 Å². The van der Waals surface area contributed by atoms with Crippen LogP contribution in [-0.4, -0.2) is 36.9 Å². The van der Waals surface area contributed by atoms with Crippen molar-refractivity contribution in [2.75, 3.05) is 13.2 Å². The van der Waals surface area contributed by atoms with Crippen LogP contribution in [0.15, 0.2) is 0 Å². The van der Waals surface area contributed by atoms with Crippen molar-refractivity contribution in [3.05, 3.63) is 0 Å². The standard InChI is InChI=1S/C16H29NO3/c1-3-19-14-11-16(12-14,15(18)20-4-2)17-13-9-7-5-6-8-10-13/h13-14,17H,3-12H2,1-2H3. The van der Waals surface area contributed by atoms with Crippen LogP contribution in [0.3, 0.4) is 0 Å². The molecule has 0 aromatic carbocycles. The van der Waals surface area contributed by atoms with E-state index in [1.807, 2.05) is 13.8 Å². The second-order valence-corrected chi connectivity index (χ2v) is 6.12. The van der Waals surface area contributed by atoms with Crippen LogP contribution in [0.2, 0.25) is 0 Å². The van der Waals surface area contributed by atoms with Gasteiger partial charge in [0.05, 0.1) is 12.7 Å². The fourth-order valence-electron chi connectivity index (χ4n) is 3.50. The highest BCUT2D eigenvalue weighted by Crippen LogP contribution is 2.37. The van der Waals surface area contributed by atoms with Gasteiger partial charge in [-0.2, -0.15) is 0 Å². The van der Waals surface area contributed by atoms with Crippen molar-refractivity contribution < 1.29 is 14.3 Å². The average Bonchev–Trinajstić information content (AvgIpc) is 2.65. The van der Waals surface area contributed by atoms with Crippen LogP contribution in [0, 0.1) is 0 Å². The molecule has 2 aliphatic rings. The van der Waals surface area contributed by atoms with E-state index in [-0.39, 0.29) is 12.1 Å². The van der Waals surface area contributed by atoms with E-state index in [9.17, 15) is 4.79 Å². The molecule has 0 amide bonds. The summed E-state index contributed by atoms with van der Waals surface area (Å²) in [6, 6.07) is 0.462. The molecule has 0 heterocycles. The van der Waals surface area contributed by atoms with Gasteiger partial charge in [-0.25, -0.2) is 0 Å². The van der Waals surface area contributed by atoms with E-state index in [2.05, 4.69) is 5.32 Å². The summed E-state index contributed by atoms with van der Waals surface area (Å²) in [5.74, 6) is -0.0831. The lowest BCUT2D eigenvalue weighted by Crippen LogP contribution is -2.66. The second-order valence-electron chi connectivity index (χ2n) is 6.12. The minimum absolute atomic E-state index is 0.0831. The first-order valence-corrected chi connectivity index (χ1v) is 8.26. The number of carbonyl (C=O) groups excluding carboxylic acids is 1. The van der Waals surface area contributed by atoms with E-state index in [0.717, 1.165) is 12.8 Å². The maximum absolute atomic E-state index is 12.3. The Balaban J connectivity index is 1.94. The van der Waals surface area contributed by atoms with Crippen LogP contribution in [-0.2, 0) is 14.3 Å². The van der Waals surface area contributed by atoms with Gasteiger partial charge in [-0.05, 0) is 26.7 Å². The number of hydrogen-bond acceptors (Lipinski definition) is 4. The number of carbonyl (C=O) groups is 1. The van der Waals surface area contributed by atoms with Crippen molar-refractivity contribution in [3.63, 3.8) is 0 Å². The number of hydrogen-bond donors (Lipinski definition) is 1. The molecule has 2 rings (SSSR count). The third kappa shape index (κ3) is 3.73. The number of ether oxygens (including phenoxy) is 2. The van der Waals surface area contributed by atoms with Crippen LogP contribution in [0.25, 0.3) is 0 Å². The zero-order chi connectivity index (χ0) is 14.4. The van der Waals surface area contributed by atoms with Gasteiger partial charge in [0.25, 0.3) is 0 Å². The molecule has 0 spiro atoms. The summed E-state index contributed by atoms with van der Waals surface area (Å²) >= 11 is 0. The number of esters is 1. The normalized spacial score (nSPS) is 31.4. The van der Waals surface area contributed by atoms with Gasteiger partial charge >= 0.3 is 5.97 Å². The predicted octanol–water partition coefficient (Wildman–Crippen LogP) is 2.80. The molecule has 20 heavy (non-hydrogen) atoms. The Labute approximate surface area is 122 Å². The number of rotatable bonds is 6. The van der Waals surface area contributed by atoms with Crippen LogP contribution >= 0.6 is 0 Å². The lowest BCUT2D eigenvalue weighted by Gasteiger charge is -2.47. The molecule has 0 aromatic rings. The molecule has 4 nitrogen and oxygen atoms in total. The summed E-state index contributed by atoms with van der Waals surface area (Å²) in [6.07, 6.45) is 9.28. The topological polar surface area (TPSA) is 47.6 Å². The second kappa shape index (κ2) is 7.41. The van der Waals surface area contributed by atoms with Gasteiger partial charge in [-0.3, -0.25) is 10.1 Å². The Morgan fingerprint density at radius 1 is 1.10 bits per heavy atom. The first-order chi connectivity index (χ1) is 9.70. The Hall–Kier alpha value is -0.610. The van der Waals surface area contributed by atoms with Crippen molar-refractivity contribution in [1.82, 2.24) is 5.32 Å². The molecule has 2 aliphatic carbocycles. The highest BCUT2D eigenvalue weighted by molar-refractivity contribution is 5.82. The average molecular weight is 283 g/mol. The molecule has 0 aromatic heterocycles. The molecular formula is C16H29NO3. The van der Waals surface area contributed by atoms with E-state index in [1.54, 1.807) is 0 Å². The minimum atomic E-state index is -0.481. The van der Waals surface area contributed by atoms with E-state index >= 15 is 0 Å². The first kappa shape index (κ1) is 15.8. The molecule has 116 valence electrons. The Morgan fingerprint density at radius 2 is 1.75 bits per heavy atom. The number of nitrogens with one attached hydrogen (secondary N) is 1. The highest BCUT2D eigenvalue weighted by atomic mass is 16.5. The van der Waals surface area contributed by atoms with E-state index in [4.69, 9.17) is 9.47 Å². The molecule has 0 bridgehead atoms. The molecule has 2 fully saturated rings. The highest BCUT2D eigenvalue weighted by Gasteiger charge is 2.52. The van der Waals surface area contributed by atoms with Crippen molar-refractivity contribution >= 4 is 5.97 Å². The SMILES string of the molecule is CCOC(=O)C1(NC2CCCCCC2)CC(OCC)C1. The van der Waals surface area contributed by atoms with Gasteiger partial charge in [-0.1, -0.05) is 25.7 Å². The smallest absolute Gasteiger partial charge is 0.326 e. The third-order valence-electron chi connectivity index (χ3n) is 4.56. The Kier molecular flexibility index (Phi) is 5.85. The molecular weight excluding hydrogens is 254 g/mol. The van der Waals surface area contributed by atoms with Crippen LogP contribution in [0.1, 0.15) is 65.2 Å². The largest absolute Gasteiger partial charge is 0.465 e. The van der Waals surface area contributed by atoms with Gasteiger partial charge in [-0.15, -0.1) is 0 Å². The summed E-state index contributed by atoms with van der Waals surface area (Å²) in [6.45, 7) is 5.04. The Morgan fingerprint density at radius 3 is 2.30 bits per heavy atom. The van der Waals surface area contributed by atoms with Gasteiger partial charge < -0.3 is 9.47 Å². The fourth-order valence-corrected chi connectivity index (χ4v) is 3.50.